The van der Waals surface area contributed by atoms with E-state index < -0.39 is 9.84 Å². The lowest BCUT2D eigenvalue weighted by Gasteiger charge is -2.23. The highest BCUT2D eigenvalue weighted by Crippen LogP contribution is 2.18. The van der Waals surface area contributed by atoms with Crippen LogP contribution in [0.1, 0.15) is 18.4 Å². The molecule has 1 aromatic carbocycles. The zero-order chi connectivity index (χ0) is 14.6. The van der Waals surface area contributed by atoms with Gasteiger partial charge in [0.1, 0.15) is 0 Å². The third-order valence-corrected chi connectivity index (χ3v) is 5.30. The maximum atomic E-state index is 11.5. The molecule has 1 fully saturated rings. The van der Waals surface area contributed by atoms with Crippen LogP contribution in [0.15, 0.2) is 24.3 Å². The Morgan fingerprint density at radius 1 is 1.35 bits per heavy atom. The van der Waals surface area contributed by atoms with Gasteiger partial charge in [-0.05, 0) is 25.8 Å². The Kier molecular flexibility index (Phi) is 4.72. The van der Waals surface area contributed by atoms with Gasteiger partial charge in [-0.1, -0.05) is 18.2 Å². The van der Waals surface area contributed by atoms with Crippen molar-refractivity contribution >= 4 is 15.5 Å². The summed E-state index contributed by atoms with van der Waals surface area (Å²) in [5.41, 5.74) is 0.786. The minimum absolute atomic E-state index is 0.0310. The number of hydrogen-bond acceptors (Lipinski definition) is 5. The van der Waals surface area contributed by atoms with E-state index in [1.54, 1.807) is 18.2 Å². The van der Waals surface area contributed by atoms with Gasteiger partial charge in [0.15, 0.2) is 9.84 Å². The van der Waals surface area contributed by atoms with E-state index in [1.807, 2.05) is 0 Å². The number of nitrogens with one attached hydrogen (secondary N) is 1. The van der Waals surface area contributed by atoms with Crippen molar-refractivity contribution in [3.05, 3.63) is 39.9 Å². The molecule has 1 atom stereocenters. The lowest BCUT2D eigenvalue weighted by atomic mass is 10.1. The van der Waals surface area contributed by atoms with E-state index in [0.717, 1.165) is 6.42 Å². The molecule has 1 aliphatic heterocycles. The summed E-state index contributed by atoms with van der Waals surface area (Å²) in [5, 5.41) is 14.1. The van der Waals surface area contributed by atoms with Crippen LogP contribution in [0.2, 0.25) is 0 Å². The molecule has 0 amide bonds. The molecule has 1 aliphatic rings. The van der Waals surface area contributed by atoms with Gasteiger partial charge in [0, 0.05) is 17.7 Å². The van der Waals surface area contributed by atoms with Gasteiger partial charge in [-0.15, -0.1) is 0 Å². The maximum Gasteiger partial charge on any atom is 0.272 e. The van der Waals surface area contributed by atoms with Crippen molar-refractivity contribution in [2.75, 3.05) is 18.1 Å². The highest BCUT2D eigenvalue weighted by Gasteiger charge is 2.24. The molecule has 20 heavy (non-hydrogen) atoms. The van der Waals surface area contributed by atoms with Gasteiger partial charge in [-0.2, -0.15) is 0 Å². The number of nitrogens with zero attached hydrogens (tertiary/aromatic N) is 1. The number of benzene rings is 1. The van der Waals surface area contributed by atoms with Crippen LogP contribution in [0.3, 0.4) is 0 Å². The minimum atomic E-state index is -2.92. The van der Waals surface area contributed by atoms with Crippen molar-refractivity contribution in [1.29, 1.82) is 0 Å². The highest BCUT2D eigenvalue weighted by atomic mass is 32.2. The molecule has 0 radical (unpaired) electrons. The molecular weight excluding hydrogens is 280 g/mol. The summed E-state index contributed by atoms with van der Waals surface area (Å²) in [7, 11) is -2.92. The van der Waals surface area contributed by atoms with Crippen LogP contribution in [0.4, 0.5) is 5.69 Å². The zero-order valence-electron chi connectivity index (χ0n) is 11.1. The van der Waals surface area contributed by atoms with Crippen LogP contribution in [0.5, 0.6) is 0 Å². The van der Waals surface area contributed by atoms with Crippen molar-refractivity contribution in [1.82, 2.24) is 5.32 Å². The molecule has 6 nitrogen and oxygen atoms in total. The Morgan fingerprint density at radius 2 is 2.10 bits per heavy atom. The van der Waals surface area contributed by atoms with E-state index in [0.29, 0.717) is 24.9 Å². The van der Waals surface area contributed by atoms with Crippen LogP contribution < -0.4 is 5.32 Å². The summed E-state index contributed by atoms with van der Waals surface area (Å²) in [5.74, 6) is 0.444. The predicted molar refractivity (Wildman–Crippen MR) is 76.5 cm³/mol. The van der Waals surface area contributed by atoms with Gasteiger partial charge >= 0.3 is 0 Å². The molecule has 1 heterocycles. The molecule has 1 unspecified atom stereocenters. The Labute approximate surface area is 118 Å². The maximum absolute atomic E-state index is 11.5. The number of hydrogen-bond donors (Lipinski definition) is 1. The van der Waals surface area contributed by atoms with Crippen molar-refractivity contribution in [2.45, 2.75) is 25.3 Å². The molecule has 0 aliphatic carbocycles. The second-order valence-electron chi connectivity index (χ2n) is 5.04. The first kappa shape index (κ1) is 14.9. The normalized spacial score (nSPS) is 21.5. The second kappa shape index (κ2) is 6.32. The summed E-state index contributed by atoms with van der Waals surface area (Å²) >= 11 is 0. The molecule has 110 valence electrons. The third-order valence-electron chi connectivity index (χ3n) is 3.48. The number of rotatable bonds is 5. The van der Waals surface area contributed by atoms with E-state index in [2.05, 4.69) is 5.32 Å². The van der Waals surface area contributed by atoms with Gasteiger partial charge in [-0.25, -0.2) is 8.42 Å². The number of nitro groups is 1. The van der Waals surface area contributed by atoms with Gasteiger partial charge < -0.3 is 5.32 Å². The Morgan fingerprint density at radius 3 is 2.80 bits per heavy atom. The Bertz CT molecular complexity index is 586. The molecular formula is C13H18N2O4S. The molecule has 1 saturated heterocycles. The fourth-order valence-corrected chi connectivity index (χ4v) is 4.17. The largest absolute Gasteiger partial charge is 0.313 e. The molecule has 7 heteroatoms. The molecule has 1 aromatic rings. The van der Waals surface area contributed by atoms with Crippen molar-refractivity contribution in [3.63, 3.8) is 0 Å². The lowest BCUT2D eigenvalue weighted by Crippen LogP contribution is -2.40. The summed E-state index contributed by atoms with van der Waals surface area (Å²) in [6.07, 6.45) is 2.05. The van der Waals surface area contributed by atoms with E-state index in [-0.39, 0.29) is 28.2 Å². The summed E-state index contributed by atoms with van der Waals surface area (Å²) in [4.78, 5) is 10.5. The molecule has 0 saturated carbocycles. The monoisotopic (exact) mass is 298 g/mol. The fourth-order valence-electron chi connectivity index (χ4n) is 2.50. The van der Waals surface area contributed by atoms with Crippen molar-refractivity contribution in [3.8, 4) is 0 Å². The summed E-state index contributed by atoms with van der Waals surface area (Å²) < 4.78 is 23.0. The molecule has 0 aromatic heterocycles. The van der Waals surface area contributed by atoms with E-state index >= 15 is 0 Å². The fraction of sp³-hybridized carbons (Fsp3) is 0.538. The molecule has 0 bridgehead atoms. The van der Waals surface area contributed by atoms with E-state index in [4.69, 9.17) is 0 Å². The average Bonchev–Trinajstić information content (AvgIpc) is 2.38. The van der Waals surface area contributed by atoms with Crippen molar-refractivity contribution in [2.24, 2.45) is 0 Å². The first-order valence-electron chi connectivity index (χ1n) is 6.64. The average molecular weight is 298 g/mol. The predicted octanol–water partition coefficient (Wildman–Crippen LogP) is 1.30. The standard InChI is InChI=1S/C13H18N2O4S/c16-15(17)13-6-2-1-4-11(13)7-8-14-12-5-3-9-20(18,19)10-12/h1-2,4,6,12,14H,3,5,7-10H2. The van der Waals surface area contributed by atoms with E-state index in [1.165, 1.54) is 6.07 Å². The summed E-state index contributed by atoms with van der Waals surface area (Å²) in [6, 6.07) is 6.60. The highest BCUT2D eigenvalue weighted by molar-refractivity contribution is 7.91. The SMILES string of the molecule is O=[N+]([O-])c1ccccc1CCNC1CCCS(=O)(=O)C1. The smallest absolute Gasteiger partial charge is 0.272 e. The van der Waals surface area contributed by atoms with Crippen molar-refractivity contribution < 1.29 is 13.3 Å². The first-order valence-corrected chi connectivity index (χ1v) is 8.46. The molecule has 0 spiro atoms. The van der Waals surface area contributed by atoms with Crippen LogP contribution in [0.25, 0.3) is 0 Å². The Hall–Kier alpha value is -1.47. The van der Waals surface area contributed by atoms with Crippen LogP contribution >= 0.6 is 0 Å². The zero-order valence-corrected chi connectivity index (χ0v) is 11.9. The quantitative estimate of drug-likeness (QED) is 0.654. The van der Waals surface area contributed by atoms with Gasteiger partial charge in [0.25, 0.3) is 5.69 Å². The number of nitro benzene ring substituents is 1. The van der Waals surface area contributed by atoms with Crippen LogP contribution in [0, 0.1) is 10.1 Å². The number of para-hydroxylation sites is 1. The van der Waals surface area contributed by atoms with E-state index in [9.17, 15) is 18.5 Å². The molecule has 1 N–H and O–H groups in total. The summed E-state index contributed by atoms with van der Waals surface area (Å²) in [6.45, 7) is 0.547. The van der Waals surface area contributed by atoms with Crippen LogP contribution in [-0.4, -0.2) is 37.4 Å². The minimum Gasteiger partial charge on any atom is -0.313 e. The lowest BCUT2D eigenvalue weighted by molar-refractivity contribution is -0.385. The van der Waals surface area contributed by atoms with Gasteiger partial charge in [-0.3, -0.25) is 10.1 Å². The molecule has 2 rings (SSSR count). The van der Waals surface area contributed by atoms with Crippen LogP contribution in [-0.2, 0) is 16.3 Å². The number of sulfone groups is 1. The second-order valence-corrected chi connectivity index (χ2v) is 7.27. The van der Waals surface area contributed by atoms with Gasteiger partial charge in [0.2, 0.25) is 0 Å². The first-order chi connectivity index (χ1) is 9.48. The Balaban J connectivity index is 1.89. The topological polar surface area (TPSA) is 89.3 Å². The van der Waals surface area contributed by atoms with Gasteiger partial charge in [0.05, 0.1) is 16.4 Å². The third kappa shape index (κ3) is 4.01.